The molecule has 1 atom stereocenters. The molecule has 0 radical (unpaired) electrons. The van der Waals surface area contributed by atoms with Gasteiger partial charge in [0.25, 0.3) is 0 Å². The van der Waals surface area contributed by atoms with Crippen LogP contribution in [0.3, 0.4) is 0 Å². The van der Waals surface area contributed by atoms with Gasteiger partial charge in [0.05, 0.1) is 24.4 Å². The van der Waals surface area contributed by atoms with Gasteiger partial charge >= 0.3 is 0 Å². The molecule has 0 aliphatic rings. The summed E-state index contributed by atoms with van der Waals surface area (Å²) in [6.45, 7) is 7.49. The summed E-state index contributed by atoms with van der Waals surface area (Å²) in [5, 5.41) is 0. The average molecular weight is 228 g/mol. The lowest BCUT2D eigenvalue weighted by molar-refractivity contribution is 0.0921. The molecular formula is C11H20N2OS. The maximum Gasteiger partial charge on any atom is 0.0797 e. The molecule has 0 fully saturated rings. The number of thiazole rings is 1. The highest BCUT2D eigenvalue weighted by Crippen LogP contribution is 2.13. The van der Waals surface area contributed by atoms with Gasteiger partial charge in [0.1, 0.15) is 0 Å². The molecule has 0 aliphatic heterocycles. The number of hydrogen-bond donors (Lipinski definition) is 1. The lowest BCUT2D eigenvalue weighted by Gasteiger charge is -2.22. The van der Waals surface area contributed by atoms with E-state index in [9.17, 15) is 0 Å². The Morgan fingerprint density at radius 1 is 1.60 bits per heavy atom. The lowest BCUT2D eigenvalue weighted by Crippen LogP contribution is -2.40. The number of aromatic nitrogens is 1. The zero-order valence-corrected chi connectivity index (χ0v) is 10.6. The molecule has 4 heteroatoms. The van der Waals surface area contributed by atoms with Crippen LogP contribution >= 0.6 is 11.3 Å². The van der Waals surface area contributed by atoms with Gasteiger partial charge in [0.2, 0.25) is 0 Å². The second kappa shape index (κ2) is 5.58. The van der Waals surface area contributed by atoms with E-state index in [-0.39, 0.29) is 5.54 Å². The highest BCUT2D eigenvalue weighted by atomic mass is 32.1. The molecule has 0 spiro atoms. The highest BCUT2D eigenvalue weighted by molar-refractivity contribution is 7.09. The molecule has 0 aliphatic carbocycles. The van der Waals surface area contributed by atoms with Gasteiger partial charge in [-0.05, 0) is 20.3 Å². The molecule has 0 saturated carbocycles. The van der Waals surface area contributed by atoms with Crippen LogP contribution in [0, 0.1) is 6.92 Å². The minimum Gasteiger partial charge on any atom is -0.379 e. The van der Waals surface area contributed by atoms with Gasteiger partial charge in [-0.1, -0.05) is 6.92 Å². The Bertz CT molecular complexity index is 297. The number of rotatable bonds is 6. The van der Waals surface area contributed by atoms with Crippen LogP contribution in [-0.2, 0) is 11.2 Å². The van der Waals surface area contributed by atoms with E-state index in [1.165, 1.54) is 4.88 Å². The van der Waals surface area contributed by atoms with Crippen molar-refractivity contribution in [1.29, 1.82) is 0 Å². The van der Waals surface area contributed by atoms with Crippen LogP contribution in [0.5, 0.6) is 0 Å². The minimum atomic E-state index is -0.192. The SMILES string of the molecule is CCC(C)(N)COCCc1scnc1C. The topological polar surface area (TPSA) is 48.1 Å². The first-order chi connectivity index (χ1) is 7.05. The van der Waals surface area contributed by atoms with Crippen LogP contribution in [0.4, 0.5) is 0 Å². The Morgan fingerprint density at radius 2 is 2.33 bits per heavy atom. The zero-order valence-electron chi connectivity index (χ0n) is 9.75. The van der Waals surface area contributed by atoms with Gasteiger partial charge in [0, 0.05) is 16.8 Å². The first kappa shape index (κ1) is 12.6. The van der Waals surface area contributed by atoms with E-state index < -0.39 is 0 Å². The van der Waals surface area contributed by atoms with E-state index in [0.717, 1.165) is 25.1 Å². The van der Waals surface area contributed by atoms with Crippen LogP contribution in [0.15, 0.2) is 5.51 Å². The van der Waals surface area contributed by atoms with Crippen molar-refractivity contribution in [2.75, 3.05) is 13.2 Å². The van der Waals surface area contributed by atoms with E-state index in [0.29, 0.717) is 6.61 Å². The Kier molecular flexibility index (Phi) is 4.70. The van der Waals surface area contributed by atoms with E-state index >= 15 is 0 Å². The summed E-state index contributed by atoms with van der Waals surface area (Å²) in [6.07, 6.45) is 1.88. The zero-order chi connectivity index (χ0) is 11.3. The molecule has 0 aromatic carbocycles. The Morgan fingerprint density at radius 3 is 2.87 bits per heavy atom. The number of ether oxygens (including phenoxy) is 1. The number of nitrogens with zero attached hydrogens (tertiary/aromatic N) is 1. The molecule has 1 rings (SSSR count). The summed E-state index contributed by atoms with van der Waals surface area (Å²) in [6, 6.07) is 0. The third-order valence-electron chi connectivity index (χ3n) is 2.56. The summed E-state index contributed by atoms with van der Waals surface area (Å²) in [7, 11) is 0. The van der Waals surface area contributed by atoms with Gasteiger partial charge in [-0.15, -0.1) is 11.3 Å². The second-order valence-corrected chi connectivity index (χ2v) is 5.11. The number of nitrogens with two attached hydrogens (primary N) is 1. The molecule has 0 saturated heterocycles. The van der Waals surface area contributed by atoms with E-state index in [1.807, 2.05) is 19.4 Å². The summed E-state index contributed by atoms with van der Waals surface area (Å²) in [4.78, 5) is 5.51. The first-order valence-corrected chi connectivity index (χ1v) is 6.19. The summed E-state index contributed by atoms with van der Waals surface area (Å²) >= 11 is 1.69. The molecule has 15 heavy (non-hydrogen) atoms. The molecule has 0 bridgehead atoms. The van der Waals surface area contributed by atoms with Crippen molar-refractivity contribution in [3.63, 3.8) is 0 Å². The van der Waals surface area contributed by atoms with E-state index in [4.69, 9.17) is 10.5 Å². The van der Waals surface area contributed by atoms with E-state index in [2.05, 4.69) is 11.9 Å². The van der Waals surface area contributed by atoms with Crippen molar-refractivity contribution < 1.29 is 4.74 Å². The van der Waals surface area contributed by atoms with Crippen LogP contribution < -0.4 is 5.73 Å². The van der Waals surface area contributed by atoms with Crippen molar-refractivity contribution >= 4 is 11.3 Å². The summed E-state index contributed by atoms with van der Waals surface area (Å²) in [5.74, 6) is 0. The molecule has 2 N–H and O–H groups in total. The van der Waals surface area contributed by atoms with Crippen molar-refractivity contribution in [3.8, 4) is 0 Å². The predicted octanol–water partition coefficient (Wildman–Crippen LogP) is 2.14. The van der Waals surface area contributed by atoms with E-state index in [1.54, 1.807) is 11.3 Å². The molecule has 0 amide bonds. The number of hydrogen-bond acceptors (Lipinski definition) is 4. The third kappa shape index (κ3) is 4.28. The quantitative estimate of drug-likeness (QED) is 0.759. The van der Waals surface area contributed by atoms with Gasteiger partial charge in [-0.3, -0.25) is 0 Å². The highest BCUT2D eigenvalue weighted by Gasteiger charge is 2.15. The summed E-state index contributed by atoms with van der Waals surface area (Å²) < 4.78 is 5.57. The summed E-state index contributed by atoms with van der Waals surface area (Å²) in [5.41, 5.74) is 8.78. The van der Waals surface area contributed by atoms with Crippen LogP contribution in [-0.4, -0.2) is 23.7 Å². The van der Waals surface area contributed by atoms with Crippen LogP contribution in [0.1, 0.15) is 30.8 Å². The van der Waals surface area contributed by atoms with Crippen molar-refractivity contribution in [3.05, 3.63) is 16.1 Å². The largest absolute Gasteiger partial charge is 0.379 e. The van der Waals surface area contributed by atoms with Crippen molar-refractivity contribution in [2.24, 2.45) is 5.73 Å². The molecule has 86 valence electrons. The van der Waals surface area contributed by atoms with Gasteiger partial charge in [0.15, 0.2) is 0 Å². The first-order valence-electron chi connectivity index (χ1n) is 5.31. The molecule has 1 aromatic rings. The Balaban J connectivity index is 2.20. The molecule has 1 heterocycles. The standard InChI is InChI=1S/C11H20N2OS/c1-4-11(3,12)7-14-6-5-10-9(2)13-8-15-10/h8H,4-7,12H2,1-3H3. The Labute approximate surface area is 95.7 Å². The minimum absolute atomic E-state index is 0.192. The Hall–Kier alpha value is -0.450. The fraction of sp³-hybridized carbons (Fsp3) is 0.727. The fourth-order valence-electron chi connectivity index (χ4n) is 1.14. The lowest BCUT2D eigenvalue weighted by atomic mass is 10.0. The van der Waals surface area contributed by atoms with Gasteiger partial charge in [-0.25, -0.2) is 4.98 Å². The molecule has 1 aromatic heterocycles. The van der Waals surface area contributed by atoms with Crippen LogP contribution in [0.25, 0.3) is 0 Å². The van der Waals surface area contributed by atoms with Crippen molar-refractivity contribution in [2.45, 2.75) is 39.2 Å². The molecular weight excluding hydrogens is 208 g/mol. The third-order valence-corrected chi connectivity index (χ3v) is 3.55. The van der Waals surface area contributed by atoms with Gasteiger partial charge < -0.3 is 10.5 Å². The van der Waals surface area contributed by atoms with Gasteiger partial charge in [-0.2, -0.15) is 0 Å². The number of aryl methyl sites for hydroxylation is 1. The second-order valence-electron chi connectivity index (χ2n) is 4.17. The predicted molar refractivity (Wildman–Crippen MR) is 64.3 cm³/mol. The van der Waals surface area contributed by atoms with Crippen molar-refractivity contribution in [1.82, 2.24) is 4.98 Å². The maximum atomic E-state index is 5.97. The maximum absolute atomic E-state index is 5.97. The fourth-order valence-corrected chi connectivity index (χ4v) is 1.90. The smallest absolute Gasteiger partial charge is 0.0797 e. The van der Waals surface area contributed by atoms with Crippen LogP contribution in [0.2, 0.25) is 0 Å². The molecule has 3 nitrogen and oxygen atoms in total. The monoisotopic (exact) mass is 228 g/mol. The average Bonchev–Trinajstić information content (AvgIpc) is 2.59. The molecule has 1 unspecified atom stereocenters. The normalized spacial score (nSPS) is 15.2.